The third-order valence-electron chi connectivity index (χ3n) is 1.73. The van der Waals surface area contributed by atoms with Gasteiger partial charge in [0, 0.05) is 0 Å². The van der Waals surface area contributed by atoms with Crippen LogP contribution in [0.15, 0.2) is 30.6 Å². The molecule has 1 aromatic heterocycles. The molecule has 0 amide bonds. The summed E-state index contributed by atoms with van der Waals surface area (Å²) in [5.74, 6) is 0.885. The summed E-state index contributed by atoms with van der Waals surface area (Å²) in [6, 6.07) is 7.00. The minimum Gasteiger partial charge on any atom is -0.506 e. The minimum atomic E-state index is 0.201. The molecule has 0 bridgehead atoms. The zero-order valence-electron chi connectivity index (χ0n) is 7.18. The van der Waals surface area contributed by atoms with E-state index in [9.17, 15) is 5.11 Å². The van der Waals surface area contributed by atoms with Gasteiger partial charge in [0.15, 0.2) is 0 Å². The van der Waals surface area contributed by atoms with Gasteiger partial charge in [-0.1, -0.05) is 12.1 Å². The van der Waals surface area contributed by atoms with Crippen LogP contribution in [-0.2, 0) is 0 Å². The quantitative estimate of drug-likeness (QED) is 0.710. The number of rotatable bonds is 1. The predicted octanol–water partition coefficient (Wildman–Crippen LogP) is 1.28. The number of hydrogen-bond donors (Lipinski definition) is 1. The van der Waals surface area contributed by atoms with Gasteiger partial charge in [-0.25, -0.2) is 9.67 Å². The molecule has 0 fully saturated rings. The Morgan fingerprint density at radius 2 is 2.08 bits per heavy atom. The van der Waals surface area contributed by atoms with Gasteiger partial charge in [-0.3, -0.25) is 0 Å². The summed E-state index contributed by atoms with van der Waals surface area (Å²) in [5.41, 5.74) is 0.642. The highest BCUT2D eigenvalue weighted by Gasteiger charge is 2.02. The number of phenolic OH excluding ortho intramolecular Hbond substituents is 1. The van der Waals surface area contributed by atoms with Crippen LogP contribution in [0.1, 0.15) is 5.82 Å². The lowest BCUT2D eigenvalue weighted by atomic mass is 10.3. The zero-order valence-corrected chi connectivity index (χ0v) is 7.18. The lowest BCUT2D eigenvalue weighted by Crippen LogP contribution is -1.94. The maximum absolute atomic E-state index is 9.48. The Bertz CT molecular complexity index is 422. The number of phenols is 1. The first-order chi connectivity index (χ1) is 6.27. The maximum atomic E-state index is 9.48. The number of aryl methyl sites for hydroxylation is 1. The van der Waals surface area contributed by atoms with Gasteiger partial charge in [-0.2, -0.15) is 5.10 Å². The molecule has 66 valence electrons. The van der Waals surface area contributed by atoms with Crippen LogP contribution in [0.2, 0.25) is 0 Å². The van der Waals surface area contributed by atoms with Crippen molar-refractivity contribution in [3.05, 3.63) is 36.4 Å². The van der Waals surface area contributed by atoms with Crippen LogP contribution in [0.4, 0.5) is 0 Å². The first-order valence-electron chi connectivity index (χ1n) is 3.94. The van der Waals surface area contributed by atoms with Gasteiger partial charge < -0.3 is 5.11 Å². The van der Waals surface area contributed by atoms with Crippen LogP contribution >= 0.6 is 0 Å². The number of aromatic nitrogens is 3. The number of benzene rings is 1. The fourth-order valence-corrected chi connectivity index (χ4v) is 1.12. The molecule has 0 atom stereocenters. The largest absolute Gasteiger partial charge is 0.506 e. The van der Waals surface area contributed by atoms with Crippen molar-refractivity contribution in [3.8, 4) is 11.4 Å². The van der Waals surface area contributed by atoms with E-state index in [2.05, 4.69) is 10.1 Å². The molecule has 1 aromatic carbocycles. The van der Waals surface area contributed by atoms with Crippen LogP contribution in [-0.4, -0.2) is 19.9 Å². The second-order valence-electron chi connectivity index (χ2n) is 2.73. The van der Waals surface area contributed by atoms with E-state index in [1.54, 1.807) is 36.1 Å². The summed E-state index contributed by atoms with van der Waals surface area (Å²) in [6.07, 6.45) is 1.57. The molecule has 4 heteroatoms. The normalized spacial score (nSPS) is 10.2. The molecular formula is C9H9N3O. The maximum Gasteiger partial charge on any atom is 0.147 e. The van der Waals surface area contributed by atoms with E-state index in [-0.39, 0.29) is 5.75 Å². The van der Waals surface area contributed by atoms with Crippen molar-refractivity contribution in [1.82, 2.24) is 14.8 Å². The van der Waals surface area contributed by atoms with E-state index in [4.69, 9.17) is 0 Å². The average Bonchev–Trinajstić information content (AvgIpc) is 2.53. The summed E-state index contributed by atoms with van der Waals surface area (Å²) in [4.78, 5) is 3.97. The SMILES string of the molecule is Cc1ncn(-c2ccccc2O)n1. The highest BCUT2D eigenvalue weighted by atomic mass is 16.3. The number of hydrogen-bond acceptors (Lipinski definition) is 3. The molecule has 2 aromatic rings. The fourth-order valence-electron chi connectivity index (χ4n) is 1.12. The first kappa shape index (κ1) is 7.79. The second-order valence-corrected chi connectivity index (χ2v) is 2.73. The van der Waals surface area contributed by atoms with E-state index in [1.165, 1.54) is 0 Å². The molecule has 0 radical (unpaired) electrons. The molecule has 0 saturated heterocycles. The molecule has 13 heavy (non-hydrogen) atoms. The Labute approximate surface area is 75.5 Å². The first-order valence-corrected chi connectivity index (χ1v) is 3.94. The second kappa shape index (κ2) is 2.90. The van der Waals surface area contributed by atoms with Crippen molar-refractivity contribution < 1.29 is 5.11 Å². The van der Waals surface area contributed by atoms with Crippen LogP contribution in [0, 0.1) is 6.92 Å². The number of nitrogens with zero attached hydrogens (tertiary/aromatic N) is 3. The Balaban J connectivity index is 2.52. The van der Waals surface area contributed by atoms with Crippen molar-refractivity contribution in [2.45, 2.75) is 6.92 Å². The van der Waals surface area contributed by atoms with E-state index in [0.29, 0.717) is 11.5 Å². The van der Waals surface area contributed by atoms with E-state index >= 15 is 0 Å². The molecule has 1 N–H and O–H groups in total. The Kier molecular flexibility index (Phi) is 1.73. The third-order valence-corrected chi connectivity index (χ3v) is 1.73. The molecule has 0 unspecified atom stereocenters. The number of para-hydroxylation sites is 2. The summed E-state index contributed by atoms with van der Waals surface area (Å²) < 4.78 is 1.55. The molecule has 1 heterocycles. The predicted molar refractivity (Wildman–Crippen MR) is 47.8 cm³/mol. The summed E-state index contributed by atoms with van der Waals surface area (Å²) in [7, 11) is 0. The van der Waals surface area contributed by atoms with E-state index in [0.717, 1.165) is 0 Å². The molecule has 2 rings (SSSR count). The summed E-state index contributed by atoms with van der Waals surface area (Å²) >= 11 is 0. The lowest BCUT2D eigenvalue weighted by molar-refractivity contribution is 0.470. The Morgan fingerprint density at radius 1 is 1.31 bits per heavy atom. The lowest BCUT2D eigenvalue weighted by Gasteiger charge is -2.01. The fraction of sp³-hybridized carbons (Fsp3) is 0.111. The molecule has 0 aliphatic carbocycles. The van der Waals surface area contributed by atoms with Crippen molar-refractivity contribution in [3.63, 3.8) is 0 Å². The van der Waals surface area contributed by atoms with Gasteiger partial charge in [-0.15, -0.1) is 0 Å². The molecular weight excluding hydrogens is 166 g/mol. The van der Waals surface area contributed by atoms with Gasteiger partial charge >= 0.3 is 0 Å². The van der Waals surface area contributed by atoms with E-state index < -0.39 is 0 Å². The van der Waals surface area contributed by atoms with Crippen molar-refractivity contribution in [2.24, 2.45) is 0 Å². The minimum absolute atomic E-state index is 0.201. The van der Waals surface area contributed by atoms with Gasteiger partial charge in [0.05, 0.1) is 0 Å². The Morgan fingerprint density at radius 3 is 2.69 bits per heavy atom. The third kappa shape index (κ3) is 1.38. The summed E-state index contributed by atoms with van der Waals surface area (Å²) in [6.45, 7) is 1.80. The Hall–Kier alpha value is -1.84. The standard InChI is InChI=1S/C9H9N3O/c1-7-10-6-12(11-7)8-4-2-3-5-9(8)13/h2-6,13H,1H3. The van der Waals surface area contributed by atoms with Crippen LogP contribution in [0.5, 0.6) is 5.75 Å². The highest BCUT2D eigenvalue weighted by molar-refractivity contribution is 5.44. The number of aromatic hydroxyl groups is 1. The van der Waals surface area contributed by atoms with Crippen LogP contribution in [0.25, 0.3) is 5.69 Å². The smallest absolute Gasteiger partial charge is 0.147 e. The van der Waals surface area contributed by atoms with Crippen molar-refractivity contribution in [1.29, 1.82) is 0 Å². The molecule has 4 nitrogen and oxygen atoms in total. The van der Waals surface area contributed by atoms with Gasteiger partial charge in [0.2, 0.25) is 0 Å². The van der Waals surface area contributed by atoms with Crippen LogP contribution < -0.4 is 0 Å². The molecule has 0 aliphatic heterocycles. The summed E-state index contributed by atoms with van der Waals surface area (Å²) in [5, 5.41) is 13.6. The zero-order chi connectivity index (χ0) is 9.26. The monoisotopic (exact) mass is 175 g/mol. The molecule has 0 spiro atoms. The average molecular weight is 175 g/mol. The van der Waals surface area contributed by atoms with Crippen molar-refractivity contribution >= 4 is 0 Å². The van der Waals surface area contributed by atoms with E-state index in [1.807, 2.05) is 6.07 Å². The topological polar surface area (TPSA) is 50.9 Å². The van der Waals surface area contributed by atoms with Gasteiger partial charge in [0.1, 0.15) is 23.6 Å². The van der Waals surface area contributed by atoms with Crippen molar-refractivity contribution in [2.75, 3.05) is 0 Å². The molecule has 0 aliphatic rings. The molecule has 0 saturated carbocycles. The van der Waals surface area contributed by atoms with Gasteiger partial charge in [-0.05, 0) is 19.1 Å². The van der Waals surface area contributed by atoms with Crippen LogP contribution in [0.3, 0.4) is 0 Å². The highest BCUT2D eigenvalue weighted by Crippen LogP contribution is 2.18. The van der Waals surface area contributed by atoms with Gasteiger partial charge in [0.25, 0.3) is 0 Å².